The van der Waals surface area contributed by atoms with E-state index >= 15 is 0 Å². The molecule has 150 valence electrons. The van der Waals surface area contributed by atoms with E-state index in [1.54, 1.807) is 12.3 Å². The van der Waals surface area contributed by atoms with Gasteiger partial charge in [-0.1, -0.05) is 24.3 Å². The van der Waals surface area contributed by atoms with Crippen molar-refractivity contribution in [1.82, 2.24) is 0 Å². The molecule has 2 N–H and O–H groups in total. The molecule has 2 atom stereocenters. The molecule has 0 spiro atoms. The van der Waals surface area contributed by atoms with Gasteiger partial charge in [-0.25, -0.2) is 0 Å². The number of benzene rings is 2. The minimum atomic E-state index is -0.485. The fraction of sp³-hybridized carbons (Fsp3) is 0.174. The molecular weight excluding hydrogens is 382 g/mol. The Bertz CT molecular complexity index is 1170. The number of anilines is 2. The Labute approximate surface area is 172 Å². The number of rotatable bonds is 3. The molecule has 0 saturated heterocycles. The molecule has 3 aromatic rings. The second kappa shape index (κ2) is 7.18. The highest BCUT2D eigenvalue weighted by atomic mass is 16.6. The number of Topliss-reactive ketones (excluding diaryl/α,β-unsaturated/α-hetero) is 1. The van der Waals surface area contributed by atoms with Gasteiger partial charge in [0, 0.05) is 35.7 Å². The van der Waals surface area contributed by atoms with Crippen molar-refractivity contribution in [1.29, 1.82) is 0 Å². The lowest BCUT2D eigenvalue weighted by Gasteiger charge is -2.28. The van der Waals surface area contributed by atoms with Crippen LogP contribution in [0.3, 0.4) is 0 Å². The van der Waals surface area contributed by atoms with Crippen molar-refractivity contribution in [3.8, 4) is 0 Å². The van der Waals surface area contributed by atoms with Crippen molar-refractivity contribution >= 4 is 22.8 Å². The number of non-ortho nitro benzene ring substituents is 1. The van der Waals surface area contributed by atoms with Crippen molar-refractivity contribution < 1.29 is 14.1 Å². The number of hydrogen-bond acceptors (Lipinski definition) is 6. The molecular formula is C23H19N3O4. The lowest BCUT2D eigenvalue weighted by molar-refractivity contribution is -0.384. The Morgan fingerprint density at radius 3 is 2.60 bits per heavy atom. The van der Waals surface area contributed by atoms with Gasteiger partial charge >= 0.3 is 0 Å². The van der Waals surface area contributed by atoms with Crippen molar-refractivity contribution in [2.75, 3.05) is 10.6 Å². The van der Waals surface area contributed by atoms with Crippen LogP contribution in [0.4, 0.5) is 17.1 Å². The Balaban J connectivity index is 1.63. The number of nitrogens with one attached hydrogen (secondary N) is 2. The van der Waals surface area contributed by atoms with Crippen molar-refractivity contribution in [3.05, 3.63) is 99.6 Å². The van der Waals surface area contributed by atoms with E-state index in [4.69, 9.17) is 4.42 Å². The number of hydrogen-bond donors (Lipinski definition) is 2. The summed E-state index contributed by atoms with van der Waals surface area (Å²) in [5.41, 5.74) is 3.83. The van der Waals surface area contributed by atoms with E-state index in [1.807, 2.05) is 42.5 Å². The summed E-state index contributed by atoms with van der Waals surface area (Å²) in [5.74, 6) is 0.742. The normalized spacial score (nSPS) is 20.5. The Morgan fingerprint density at radius 2 is 1.83 bits per heavy atom. The average molecular weight is 401 g/mol. The van der Waals surface area contributed by atoms with Crippen molar-refractivity contribution in [3.63, 3.8) is 0 Å². The molecule has 1 aliphatic heterocycles. The van der Waals surface area contributed by atoms with E-state index < -0.39 is 11.0 Å². The van der Waals surface area contributed by atoms with Crippen LogP contribution in [0.2, 0.25) is 0 Å². The molecule has 0 fully saturated rings. The monoisotopic (exact) mass is 401 g/mol. The molecule has 5 rings (SSSR count). The lowest BCUT2D eigenvalue weighted by atomic mass is 9.80. The van der Waals surface area contributed by atoms with E-state index in [0.29, 0.717) is 24.0 Å². The molecule has 2 aliphatic rings. The van der Waals surface area contributed by atoms with Gasteiger partial charge in [0.2, 0.25) is 0 Å². The number of para-hydroxylation sites is 2. The zero-order chi connectivity index (χ0) is 20.7. The van der Waals surface area contributed by atoms with Crippen LogP contribution in [-0.2, 0) is 4.79 Å². The van der Waals surface area contributed by atoms with Gasteiger partial charge < -0.3 is 15.1 Å². The predicted molar refractivity (Wildman–Crippen MR) is 112 cm³/mol. The second-order valence-electron chi connectivity index (χ2n) is 7.54. The number of furan rings is 1. The zero-order valence-electron chi connectivity index (χ0n) is 16.0. The highest BCUT2D eigenvalue weighted by Gasteiger charge is 2.37. The molecule has 1 aliphatic carbocycles. The largest absolute Gasteiger partial charge is 0.469 e. The maximum Gasteiger partial charge on any atom is 0.269 e. The Morgan fingerprint density at radius 1 is 1.00 bits per heavy atom. The van der Waals surface area contributed by atoms with Crippen LogP contribution in [0.25, 0.3) is 0 Å². The number of ketones is 1. The average Bonchev–Trinajstić information content (AvgIpc) is 3.23. The second-order valence-corrected chi connectivity index (χ2v) is 7.54. The van der Waals surface area contributed by atoms with Crippen molar-refractivity contribution in [2.45, 2.75) is 24.8 Å². The quantitative estimate of drug-likeness (QED) is 0.464. The van der Waals surface area contributed by atoms with Crippen LogP contribution >= 0.6 is 0 Å². The first kappa shape index (κ1) is 18.2. The number of nitrogens with zero attached hydrogens (tertiary/aromatic N) is 1. The first-order valence-corrected chi connectivity index (χ1v) is 9.77. The van der Waals surface area contributed by atoms with Gasteiger partial charge in [-0.15, -0.1) is 0 Å². The standard InChI is InChI=1S/C23H19N3O4/c27-20-13-15(21-9-4-10-30-21)12-19-22(20)23(14-5-3-6-16(11-14)26(28)29)25-18-8-2-1-7-17(18)24-19/h1-11,15,23-25H,12-13H2. The van der Waals surface area contributed by atoms with Gasteiger partial charge in [0.15, 0.2) is 5.78 Å². The van der Waals surface area contributed by atoms with E-state index in [0.717, 1.165) is 22.8 Å². The maximum atomic E-state index is 13.3. The Kier molecular flexibility index (Phi) is 4.35. The van der Waals surface area contributed by atoms with Crippen LogP contribution in [-0.4, -0.2) is 10.7 Å². The summed E-state index contributed by atoms with van der Waals surface area (Å²) in [6, 6.07) is 17.4. The number of nitro groups is 1. The third-order valence-electron chi connectivity index (χ3n) is 5.67. The zero-order valence-corrected chi connectivity index (χ0v) is 16.0. The number of nitro benzene ring substituents is 1. The first-order chi connectivity index (χ1) is 14.6. The van der Waals surface area contributed by atoms with E-state index in [-0.39, 0.29) is 17.4 Å². The summed E-state index contributed by atoms with van der Waals surface area (Å²) < 4.78 is 5.56. The van der Waals surface area contributed by atoms with Crippen LogP contribution in [0, 0.1) is 10.1 Å². The first-order valence-electron chi connectivity index (χ1n) is 9.77. The van der Waals surface area contributed by atoms with Gasteiger partial charge in [0.05, 0.1) is 28.6 Å². The SMILES string of the molecule is O=C1CC(c2ccco2)CC2=C1C(c1cccc([N+](=O)[O-])c1)Nc1ccccc1N2. The van der Waals surface area contributed by atoms with E-state index in [9.17, 15) is 14.9 Å². The summed E-state index contributed by atoms with van der Waals surface area (Å²) in [6.45, 7) is 0. The number of allylic oxidation sites excluding steroid dienone is 1. The minimum absolute atomic E-state index is 0.00124. The number of fused-ring (bicyclic) bond motifs is 1. The van der Waals surface area contributed by atoms with Gasteiger partial charge in [-0.05, 0) is 36.2 Å². The summed E-state index contributed by atoms with van der Waals surface area (Å²) in [5, 5.41) is 18.2. The smallest absolute Gasteiger partial charge is 0.269 e. The molecule has 0 radical (unpaired) electrons. The molecule has 0 saturated carbocycles. The summed E-state index contributed by atoms with van der Waals surface area (Å²) >= 11 is 0. The van der Waals surface area contributed by atoms with Crippen LogP contribution < -0.4 is 10.6 Å². The van der Waals surface area contributed by atoms with E-state index in [2.05, 4.69) is 10.6 Å². The molecule has 30 heavy (non-hydrogen) atoms. The van der Waals surface area contributed by atoms with Crippen molar-refractivity contribution in [2.24, 2.45) is 0 Å². The lowest BCUT2D eigenvalue weighted by Crippen LogP contribution is -2.26. The van der Waals surface area contributed by atoms with Crippen LogP contribution in [0.5, 0.6) is 0 Å². The molecule has 7 nitrogen and oxygen atoms in total. The summed E-state index contributed by atoms with van der Waals surface area (Å²) in [4.78, 5) is 24.2. The van der Waals surface area contributed by atoms with Gasteiger partial charge in [0.25, 0.3) is 5.69 Å². The van der Waals surface area contributed by atoms with Gasteiger partial charge in [0.1, 0.15) is 5.76 Å². The molecule has 2 aromatic carbocycles. The highest BCUT2D eigenvalue weighted by Crippen LogP contribution is 2.44. The molecule has 7 heteroatoms. The number of carbonyl (C=O) groups excluding carboxylic acids is 1. The summed E-state index contributed by atoms with van der Waals surface area (Å²) in [7, 11) is 0. The van der Waals surface area contributed by atoms with Gasteiger partial charge in [-0.3, -0.25) is 14.9 Å². The molecule has 2 heterocycles. The molecule has 0 bridgehead atoms. The van der Waals surface area contributed by atoms with Gasteiger partial charge in [-0.2, -0.15) is 0 Å². The molecule has 1 aromatic heterocycles. The number of carbonyl (C=O) groups is 1. The maximum absolute atomic E-state index is 13.3. The molecule has 0 amide bonds. The van der Waals surface area contributed by atoms with Crippen LogP contribution in [0.15, 0.2) is 82.6 Å². The summed E-state index contributed by atoms with van der Waals surface area (Å²) in [6.07, 6.45) is 2.57. The highest BCUT2D eigenvalue weighted by molar-refractivity contribution is 6.01. The van der Waals surface area contributed by atoms with Crippen LogP contribution in [0.1, 0.15) is 36.1 Å². The third kappa shape index (κ3) is 3.14. The fourth-order valence-corrected chi connectivity index (χ4v) is 4.29. The fourth-order valence-electron chi connectivity index (χ4n) is 4.29. The Hall–Kier alpha value is -3.87. The molecule has 2 unspecified atom stereocenters. The third-order valence-corrected chi connectivity index (χ3v) is 5.67. The van der Waals surface area contributed by atoms with E-state index in [1.165, 1.54) is 12.1 Å². The minimum Gasteiger partial charge on any atom is -0.469 e. The predicted octanol–water partition coefficient (Wildman–Crippen LogP) is 5.17. The topological polar surface area (TPSA) is 97.4 Å².